The zero-order chi connectivity index (χ0) is 6.91. The Balaban J connectivity index is 2.52. The van der Waals surface area contributed by atoms with Crippen molar-refractivity contribution in [1.29, 1.82) is 0 Å². The minimum atomic E-state index is -0.339. The van der Waals surface area contributed by atoms with Gasteiger partial charge in [0.25, 0.3) is 0 Å². The van der Waals surface area contributed by atoms with E-state index < -0.39 is 0 Å². The number of nitrogens with two attached hydrogens (primary N) is 2. The van der Waals surface area contributed by atoms with Crippen molar-refractivity contribution in [3.63, 3.8) is 0 Å². The SMILES string of the molecule is CCC1CCCC1(N)N. The van der Waals surface area contributed by atoms with Crippen molar-refractivity contribution in [3.8, 4) is 0 Å². The molecule has 0 spiro atoms. The van der Waals surface area contributed by atoms with E-state index in [-0.39, 0.29) is 5.66 Å². The van der Waals surface area contributed by atoms with E-state index in [1.807, 2.05) is 0 Å². The van der Waals surface area contributed by atoms with Crippen molar-refractivity contribution in [2.45, 2.75) is 38.3 Å². The summed E-state index contributed by atoms with van der Waals surface area (Å²) in [5.74, 6) is 0.567. The highest BCUT2D eigenvalue weighted by Gasteiger charge is 2.33. The van der Waals surface area contributed by atoms with Crippen LogP contribution in [-0.4, -0.2) is 5.66 Å². The molecule has 1 saturated carbocycles. The molecule has 0 saturated heterocycles. The third-order valence-electron chi connectivity index (χ3n) is 2.42. The Kier molecular flexibility index (Phi) is 1.78. The fourth-order valence-electron chi connectivity index (χ4n) is 1.71. The van der Waals surface area contributed by atoms with Gasteiger partial charge in [-0.25, -0.2) is 0 Å². The average molecular weight is 128 g/mol. The van der Waals surface area contributed by atoms with E-state index >= 15 is 0 Å². The second-order valence-corrected chi connectivity index (χ2v) is 3.11. The highest BCUT2D eigenvalue weighted by atomic mass is 15.0. The molecule has 1 aliphatic carbocycles. The molecule has 0 aromatic heterocycles. The van der Waals surface area contributed by atoms with Gasteiger partial charge < -0.3 is 11.5 Å². The van der Waals surface area contributed by atoms with E-state index in [4.69, 9.17) is 11.5 Å². The maximum absolute atomic E-state index is 5.81. The molecule has 4 N–H and O–H groups in total. The number of hydrogen-bond donors (Lipinski definition) is 2. The molecule has 1 aliphatic rings. The highest BCUT2D eigenvalue weighted by molar-refractivity contribution is 4.90. The fraction of sp³-hybridized carbons (Fsp3) is 1.00. The quantitative estimate of drug-likeness (QED) is 0.513. The first-order valence-corrected chi connectivity index (χ1v) is 3.74. The molecule has 0 heterocycles. The summed E-state index contributed by atoms with van der Waals surface area (Å²) in [6.07, 6.45) is 4.58. The summed E-state index contributed by atoms with van der Waals surface area (Å²) in [5.41, 5.74) is 11.3. The van der Waals surface area contributed by atoms with Gasteiger partial charge in [0.15, 0.2) is 0 Å². The van der Waals surface area contributed by atoms with Crippen LogP contribution in [0.25, 0.3) is 0 Å². The van der Waals surface area contributed by atoms with Crippen molar-refractivity contribution in [3.05, 3.63) is 0 Å². The van der Waals surface area contributed by atoms with Crippen LogP contribution >= 0.6 is 0 Å². The molecule has 1 rings (SSSR count). The Labute approximate surface area is 56.6 Å². The first-order chi connectivity index (χ1) is 4.17. The lowest BCUT2D eigenvalue weighted by atomic mass is 9.96. The van der Waals surface area contributed by atoms with Gasteiger partial charge in [-0.05, 0) is 25.2 Å². The molecule has 0 radical (unpaired) electrons. The van der Waals surface area contributed by atoms with Crippen LogP contribution in [0.15, 0.2) is 0 Å². The second-order valence-electron chi connectivity index (χ2n) is 3.11. The molecule has 54 valence electrons. The molecule has 0 amide bonds. The van der Waals surface area contributed by atoms with Crippen LogP contribution in [0, 0.1) is 5.92 Å². The van der Waals surface area contributed by atoms with Gasteiger partial charge in [-0.1, -0.05) is 13.3 Å². The van der Waals surface area contributed by atoms with Gasteiger partial charge in [-0.15, -0.1) is 0 Å². The Bertz CT molecular complexity index is 99.1. The molecule has 1 fully saturated rings. The van der Waals surface area contributed by atoms with Crippen LogP contribution in [0.3, 0.4) is 0 Å². The summed E-state index contributed by atoms with van der Waals surface area (Å²) in [6.45, 7) is 2.16. The predicted molar refractivity (Wildman–Crippen MR) is 38.7 cm³/mol. The summed E-state index contributed by atoms with van der Waals surface area (Å²) >= 11 is 0. The molecule has 0 bridgehead atoms. The van der Waals surface area contributed by atoms with Gasteiger partial charge in [-0.2, -0.15) is 0 Å². The third kappa shape index (κ3) is 1.25. The van der Waals surface area contributed by atoms with Crippen LogP contribution in [0.4, 0.5) is 0 Å². The maximum Gasteiger partial charge on any atom is 0.0665 e. The Morgan fingerprint density at radius 1 is 1.56 bits per heavy atom. The van der Waals surface area contributed by atoms with Crippen molar-refractivity contribution in [1.82, 2.24) is 0 Å². The molecule has 0 aromatic carbocycles. The fourth-order valence-corrected chi connectivity index (χ4v) is 1.71. The topological polar surface area (TPSA) is 52.0 Å². The Hall–Kier alpha value is -0.0800. The summed E-state index contributed by atoms with van der Waals surface area (Å²) in [7, 11) is 0. The van der Waals surface area contributed by atoms with E-state index in [0.717, 1.165) is 12.8 Å². The summed E-state index contributed by atoms with van der Waals surface area (Å²) in [4.78, 5) is 0. The van der Waals surface area contributed by atoms with Crippen LogP contribution in [0.5, 0.6) is 0 Å². The van der Waals surface area contributed by atoms with Crippen molar-refractivity contribution in [2.24, 2.45) is 17.4 Å². The third-order valence-corrected chi connectivity index (χ3v) is 2.42. The smallest absolute Gasteiger partial charge is 0.0665 e. The monoisotopic (exact) mass is 128 g/mol. The van der Waals surface area contributed by atoms with E-state index in [0.29, 0.717) is 5.92 Å². The largest absolute Gasteiger partial charge is 0.313 e. The zero-order valence-corrected chi connectivity index (χ0v) is 6.06. The minimum Gasteiger partial charge on any atom is -0.313 e. The van der Waals surface area contributed by atoms with Crippen LogP contribution in [0.2, 0.25) is 0 Å². The average Bonchev–Trinajstić information content (AvgIpc) is 2.08. The van der Waals surface area contributed by atoms with Crippen LogP contribution in [0.1, 0.15) is 32.6 Å². The molecular formula is C7H16N2. The van der Waals surface area contributed by atoms with Crippen molar-refractivity contribution < 1.29 is 0 Å². The molecule has 1 atom stereocenters. The minimum absolute atomic E-state index is 0.339. The van der Waals surface area contributed by atoms with Crippen LogP contribution in [-0.2, 0) is 0 Å². The molecule has 1 unspecified atom stereocenters. The number of hydrogen-bond acceptors (Lipinski definition) is 2. The van der Waals surface area contributed by atoms with Crippen LogP contribution < -0.4 is 11.5 Å². The van der Waals surface area contributed by atoms with E-state index in [1.54, 1.807) is 0 Å². The molecular weight excluding hydrogens is 112 g/mol. The molecule has 0 aliphatic heterocycles. The lowest BCUT2D eigenvalue weighted by Crippen LogP contribution is -2.52. The summed E-state index contributed by atoms with van der Waals surface area (Å²) in [6, 6.07) is 0. The Morgan fingerprint density at radius 2 is 2.22 bits per heavy atom. The molecule has 0 aromatic rings. The molecule has 2 nitrogen and oxygen atoms in total. The molecule has 9 heavy (non-hydrogen) atoms. The lowest BCUT2D eigenvalue weighted by molar-refractivity contribution is 0.319. The summed E-state index contributed by atoms with van der Waals surface area (Å²) < 4.78 is 0. The first kappa shape index (κ1) is 7.03. The predicted octanol–water partition coefficient (Wildman–Crippen LogP) is 0.810. The molecule has 2 heteroatoms. The Morgan fingerprint density at radius 3 is 2.44 bits per heavy atom. The van der Waals surface area contributed by atoms with Crippen molar-refractivity contribution >= 4 is 0 Å². The van der Waals surface area contributed by atoms with Gasteiger partial charge in [-0.3, -0.25) is 0 Å². The van der Waals surface area contributed by atoms with Gasteiger partial charge in [0.2, 0.25) is 0 Å². The van der Waals surface area contributed by atoms with Gasteiger partial charge in [0, 0.05) is 0 Å². The normalized spacial score (nSPS) is 33.0. The van der Waals surface area contributed by atoms with E-state index in [9.17, 15) is 0 Å². The van der Waals surface area contributed by atoms with Crippen molar-refractivity contribution in [2.75, 3.05) is 0 Å². The highest BCUT2D eigenvalue weighted by Crippen LogP contribution is 2.31. The van der Waals surface area contributed by atoms with E-state index in [2.05, 4.69) is 6.92 Å². The second kappa shape index (κ2) is 2.27. The van der Waals surface area contributed by atoms with Gasteiger partial charge >= 0.3 is 0 Å². The lowest BCUT2D eigenvalue weighted by Gasteiger charge is -2.25. The van der Waals surface area contributed by atoms with Gasteiger partial charge in [0.1, 0.15) is 0 Å². The standard InChI is InChI=1S/C7H16N2/c1-2-6-4-3-5-7(6,8)9/h6H,2-5,8-9H2,1H3. The van der Waals surface area contributed by atoms with Gasteiger partial charge in [0.05, 0.1) is 5.66 Å². The zero-order valence-electron chi connectivity index (χ0n) is 6.06. The maximum atomic E-state index is 5.81. The van der Waals surface area contributed by atoms with E-state index in [1.165, 1.54) is 12.8 Å². The first-order valence-electron chi connectivity index (χ1n) is 3.74. The number of rotatable bonds is 1. The summed E-state index contributed by atoms with van der Waals surface area (Å²) in [5, 5.41) is 0.